The van der Waals surface area contributed by atoms with Crippen LogP contribution in [0.1, 0.15) is 48.8 Å². The molecule has 178 valence electrons. The van der Waals surface area contributed by atoms with Gasteiger partial charge in [0.05, 0.1) is 5.75 Å². The van der Waals surface area contributed by atoms with Crippen molar-refractivity contribution in [2.75, 3.05) is 26.2 Å². The summed E-state index contributed by atoms with van der Waals surface area (Å²) in [5, 5.41) is 3.11. The van der Waals surface area contributed by atoms with Crippen LogP contribution in [0.4, 0.5) is 0 Å². The average molecular weight is 470 g/mol. The van der Waals surface area contributed by atoms with Gasteiger partial charge in [-0.3, -0.25) is 9.69 Å². The molecule has 0 radical (unpaired) electrons. The van der Waals surface area contributed by atoms with E-state index in [2.05, 4.69) is 28.4 Å². The largest absolute Gasteiger partial charge is 0.352 e. The summed E-state index contributed by atoms with van der Waals surface area (Å²) < 4.78 is 27.1. The first kappa shape index (κ1) is 23.9. The van der Waals surface area contributed by atoms with Crippen LogP contribution < -0.4 is 5.32 Å². The number of carbonyl (C=O) groups excluding carboxylic acids is 1. The number of piperidine rings is 2. The number of hydrogen-bond donors (Lipinski definition) is 1. The molecule has 1 N–H and O–H groups in total. The molecule has 4 rings (SSSR count). The molecular formula is C26H35N3O3S. The van der Waals surface area contributed by atoms with Crippen LogP contribution in [-0.4, -0.2) is 49.7 Å². The van der Waals surface area contributed by atoms with Gasteiger partial charge in [-0.1, -0.05) is 61.0 Å². The second-order valence-electron chi connectivity index (χ2n) is 9.24. The van der Waals surface area contributed by atoms with Crippen molar-refractivity contribution in [2.24, 2.45) is 5.92 Å². The number of hydrogen-bond acceptors (Lipinski definition) is 4. The Morgan fingerprint density at radius 2 is 1.48 bits per heavy atom. The fourth-order valence-corrected chi connectivity index (χ4v) is 6.41. The summed E-state index contributed by atoms with van der Waals surface area (Å²) in [4.78, 5) is 15.3. The lowest BCUT2D eigenvalue weighted by Gasteiger charge is -2.30. The van der Waals surface area contributed by atoms with E-state index in [9.17, 15) is 13.2 Å². The highest BCUT2D eigenvalue weighted by molar-refractivity contribution is 7.88. The van der Waals surface area contributed by atoms with Gasteiger partial charge < -0.3 is 5.32 Å². The lowest BCUT2D eigenvalue weighted by Crippen LogP contribution is -2.43. The number of likely N-dealkylation sites (tertiary alicyclic amines) is 1. The second kappa shape index (κ2) is 11.3. The number of sulfonamides is 1. The van der Waals surface area contributed by atoms with Gasteiger partial charge in [-0.15, -0.1) is 0 Å². The molecular weight excluding hydrogens is 434 g/mol. The van der Waals surface area contributed by atoms with Gasteiger partial charge in [0.2, 0.25) is 15.9 Å². The maximum Gasteiger partial charge on any atom is 0.223 e. The Morgan fingerprint density at radius 3 is 2.18 bits per heavy atom. The van der Waals surface area contributed by atoms with Crippen molar-refractivity contribution in [3.05, 3.63) is 71.3 Å². The minimum atomic E-state index is -3.36. The normalized spacial score (nSPS) is 18.8. The Balaban J connectivity index is 1.27. The quantitative estimate of drug-likeness (QED) is 0.642. The molecule has 2 heterocycles. The highest BCUT2D eigenvalue weighted by atomic mass is 32.2. The topological polar surface area (TPSA) is 69.7 Å². The fourth-order valence-electron chi connectivity index (χ4n) is 4.84. The van der Waals surface area contributed by atoms with E-state index in [1.165, 1.54) is 34.7 Å². The lowest BCUT2D eigenvalue weighted by molar-refractivity contribution is -0.126. The average Bonchev–Trinajstić information content (AvgIpc) is 2.84. The first-order valence-electron chi connectivity index (χ1n) is 12.1. The van der Waals surface area contributed by atoms with Crippen LogP contribution in [-0.2, 0) is 33.7 Å². The molecule has 0 aromatic heterocycles. The van der Waals surface area contributed by atoms with Crippen LogP contribution in [0.3, 0.4) is 0 Å². The van der Waals surface area contributed by atoms with Gasteiger partial charge in [0.25, 0.3) is 0 Å². The van der Waals surface area contributed by atoms with Gasteiger partial charge in [0, 0.05) is 32.1 Å². The number of amides is 1. The fraction of sp³-hybridized carbons (Fsp3) is 0.500. The predicted molar refractivity (Wildman–Crippen MR) is 131 cm³/mol. The molecule has 0 atom stereocenters. The van der Waals surface area contributed by atoms with E-state index < -0.39 is 10.0 Å². The van der Waals surface area contributed by atoms with E-state index in [-0.39, 0.29) is 17.6 Å². The van der Waals surface area contributed by atoms with E-state index in [0.29, 0.717) is 32.5 Å². The minimum Gasteiger partial charge on any atom is -0.352 e. The second-order valence-corrected chi connectivity index (χ2v) is 11.2. The van der Waals surface area contributed by atoms with Crippen molar-refractivity contribution in [3.63, 3.8) is 0 Å². The monoisotopic (exact) mass is 469 g/mol. The number of benzene rings is 2. The molecule has 0 aliphatic carbocycles. The summed E-state index contributed by atoms with van der Waals surface area (Å²) in [7, 11) is -3.36. The molecule has 2 aliphatic rings. The smallest absolute Gasteiger partial charge is 0.223 e. The van der Waals surface area contributed by atoms with Gasteiger partial charge in [-0.25, -0.2) is 12.7 Å². The SMILES string of the molecule is O=C(NCc1ccccc1CN1CCCCC1)C1CCN(S(=O)(=O)Cc2ccccc2)CC1. The Hall–Kier alpha value is -2.22. The van der Waals surface area contributed by atoms with Crippen LogP contribution in [0.2, 0.25) is 0 Å². The first-order valence-corrected chi connectivity index (χ1v) is 13.7. The lowest BCUT2D eigenvalue weighted by atomic mass is 9.97. The minimum absolute atomic E-state index is 0.0124. The molecule has 33 heavy (non-hydrogen) atoms. The first-order chi connectivity index (χ1) is 16.0. The van der Waals surface area contributed by atoms with Crippen molar-refractivity contribution in [2.45, 2.75) is 50.9 Å². The zero-order valence-electron chi connectivity index (χ0n) is 19.3. The maximum absolute atomic E-state index is 12.8. The zero-order chi connectivity index (χ0) is 23.1. The molecule has 2 aliphatic heterocycles. The number of carbonyl (C=O) groups is 1. The molecule has 0 saturated carbocycles. The van der Waals surface area contributed by atoms with Crippen LogP contribution >= 0.6 is 0 Å². The summed E-state index contributed by atoms with van der Waals surface area (Å²) in [6.07, 6.45) is 4.97. The van der Waals surface area contributed by atoms with Gasteiger partial charge in [-0.2, -0.15) is 0 Å². The molecule has 2 fully saturated rings. The van der Waals surface area contributed by atoms with Crippen LogP contribution in [0, 0.1) is 5.92 Å². The third-order valence-corrected chi connectivity index (χ3v) is 8.67. The maximum atomic E-state index is 12.8. The van der Waals surface area contributed by atoms with Gasteiger partial charge in [-0.05, 0) is 55.5 Å². The molecule has 6 nitrogen and oxygen atoms in total. The Bertz CT molecular complexity index is 1010. The van der Waals surface area contributed by atoms with E-state index >= 15 is 0 Å². The molecule has 2 aromatic carbocycles. The number of rotatable bonds is 8. The van der Waals surface area contributed by atoms with Gasteiger partial charge >= 0.3 is 0 Å². The Kier molecular flexibility index (Phi) is 8.17. The molecule has 1 amide bonds. The van der Waals surface area contributed by atoms with Crippen LogP contribution in [0.5, 0.6) is 0 Å². The number of nitrogens with one attached hydrogen (secondary N) is 1. The molecule has 2 aromatic rings. The summed E-state index contributed by atoms with van der Waals surface area (Å²) in [5.74, 6) is -0.0938. The summed E-state index contributed by atoms with van der Waals surface area (Å²) in [6.45, 7) is 4.55. The van der Waals surface area contributed by atoms with Crippen molar-refractivity contribution >= 4 is 15.9 Å². The van der Waals surface area contributed by atoms with Crippen LogP contribution in [0.25, 0.3) is 0 Å². The van der Waals surface area contributed by atoms with Gasteiger partial charge in [0.1, 0.15) is 0 Å². The van der Waals surface area contributed by atoms with E-state index in [1.54, 1.807) is 0 Å². The molecule has 7 heteroatoms. The van der Waals surface area contributed by atoms with E-state index in [0.717, 1.165) is 25.2 Å². The highest BCUT2D eigenvalue weighted by Crippen LogP contribution is 2.22. The van der Waals surface area contributed by atoms with E-state index in [4.69, 9.17) is 0 Å². The summed E-state index contributed by atoms with van der Waals surface area (Å²) >= 11 is 0. The molecule has 2 saturated heterocycles. The van der Waals surface area contributed by atoms with Crippen LogP contribution in [0.15, 0.2) is 54.6 Å². The molecule has 0 bridgehead atoms. The zero-order valence-corrected chi connectivity index (χ0v) is 20.1. The summed E-state index contributed by atoms with van der Waals surface area (Å²) in [6, 6.07) is 17.6. The van der Waals surface area contributed by atoms with Gasteiger partial charge in [0.15, 0.2) is 0 Å². The van der Waals surface area contributed by atoms with Crippen molar-refractivity contribution in [1.82, 2.24) is 14.5 Å². The summed E-state index contributed by atoms with van der Waals surface area (Å²) in [5.41, 5.74) is 3.24. The molecule has 0 unspecified atom stereocenters. The highest BCUT2D eigenvalue weighted by Gasteiger charge is 2.31. The standard InChI is InChI=1S/C26H35N3O3S/c30-26(27-19-24-11-5-6-12-25(24)20-28-15-7-2-8-16-28)23-13-17-29(18-14-23)33(31,32)21-22-9-3-1-4-10-22/h1,3-6,9-12,23H,2,7-8,13-21H2,(H,27,30). The predicted octanol–water partition coefficient (Wildman–Crippen LogP) is 3.53. The third kappa shape index (κ3) is 6.65. The number of nitrogens with zero attached hydrogens (tertiary/aromatic N) is 2. The Labute approximate surface area is 198 Å². The van der Waals surface area contributed by atoms with Crippen molar-refractivity contribution in [3.8, 4) is 0 Å². The van der Waals surface area contributed by atoms with Crippen molar-refractivity contribution in [1.29, 1.82) is 0 Å². The van der Waals surface area contributed by atoms with E-state index in [1.807, 2.05) is 36.4 Å². The Morgan fingerprint density at radius 1 is 0.848 bits per heavy atom. The van der Waals surface area contributed by atoms with Crippen molar-refractivity contribution < 1.29 is 13.2 Å². The third-order valence-electron chi connectivity index (χ3n) is 6.82. The molecule has 0 spiro atoms.